The monoisotopic (exact) mass is 253 g/mol. The van der Waals surface area contributed by atoms with E-state index in [2.05, 4.69) is 12.2 Å². The molecule has 0 bridgehead atoms. The molecule has 0 aromatic heterocycles. The second-order valence-corrected chi connectivity index (χ2v) is 5.88. The van der Waals surface area contributed by atoms with E-state index in [0.29, 0.717) is 6.42 Å². The Bertz CT molecular complexity index is 330. The fourth-order valence-corrected chi connectivity index (χ4v) is 3.19. The first-order valence-electron chi connectivity index (χ1n) is 7.11. The van der Waals surface area contributed by atoms with Crippen molar-refractivity contribution >= 4 is 11.9 Å². The molecule has 0 spiro atoms. The van der Waals surface area contributed by atoms with Crippen LogP contribution in [0.5, 0.6) is 0 Å². The van der Waals surface area contributed by atoms with Gasteiger partial charge in [0.2, 0.25) is 5.91 Å². The van der Waals surface area contributed by atoms with Gasteiger partial charge in [-0.05, 0) is 44.9 Å². The summed E-state index contributed by atoms with van der Waals surface area (Å²) in [6, 6.07) is 0. The number of carbonyl (C=O) groups is 2. The van der Waals surface area contributed by atoms with Crippen LogP contribution in [0.1, 0.15) is 58.3 Å². The summed E-state index contributed by atoms with van der Waals surface area (Å²) in [4.78, 5) is 23.2. The SMILES string of the molecule is CCC1(NC(=O)C2CCCC(C(=O)O)C2)CCC1. The predicted molar refractivity (Wildman–Crippen MR) is 68.1 cm³/mol. The molecular formula is C14H23NO3. The van der Waals surface area contributed by atoms with Crippen molar-refractivity contribution in [2.45, 2.75) is 63.8 Å². The molecular weight excluding hydrogens is 230 g/mol. The first kappa shape index (κ1) is 13.4. The summed E-state index contributed by atoms with van der Waals surface area (Å²) in [6.07, 6.45) is 7.25. The summed E-state index contributed by atoms with van der Waals surface area (Å²) < 4.78 is 0. The van der Waals surface area contributed by atoms with E-state index in [1.165, 1.54) is 6.42 Å². The van der Waals surface area contributed by atoms with Crippen LogP contribution in [0, 0.1) is 11.8 Å². The minimum Gasteiger partial charge on any atom is -0.481 e. The van der Waals surface area contributed by atoms with E-state index in [9.17, 15) is 9.59 Å². The van der Waals surface area contributed by atoms with Crippen molar-refractivity contribution in [2.75, 3.05) is 0 Å². The lowest BCUT2D eigenvalue weighted by Crippen LogP contribution is -2.55. The number of carbonyl (C=O) groups excluding carboxylic acids is 1. The van der Waals surface area contributed by atoms with Crippen LogP contribution in [-0.2, 0) is 9.59 Å². The van der Waals surface area contributed by atoms with Crippen LogP contribution >= 0.6 is 0 Å². The van der Waals surface area contributed by atoms with Crippen LogP contribution in [0.3, 0.4) is 0 Å². The Balaban J connectivity index is 1.90. The lowest BCUT2D eigenvalue weighted by Gasteiger charge is -2.43. The zero-order valence-corrected chi connectivity index (χ0v) is 11.1. The molecule has 0 heterocycles. The molecule has 0 saturated heterocycles. The van der Waals surface area contributed by atoms with Crippen LogP contribution in [0.15, 0.2) is 0 Å². The zero-order valence-electron chi connectivity index (χ0n) is 11.1. The summed E-state index contributed by atoms with van der Waals surface area (Å²) in [5, 5.41) is 12.2. The third kappa shape index (κ3) is 2.68. The van der Waals surface area contributed by atoms with Crippen molar-refractivity contribution < 1.29 is 14.7 Å². The molecule has 0 aromatic carbocycles. The van der Waals surface area contributed by atoms with Gasteiger partial charge in [0, 0.05) is 11.5 Å². The summed E-state index contributed by atoms with van der Waals surface area (Å²) in [5.74, 6) is -1.08. The average Bonchev–Trinajstić information content (AvgIpc) is 2.33. The highest BCUT2D eigenvalue weighted by atomic mass is 16.4. The lowest BCUT2D eigenvalue weighted by atomic mass is 9.73. The number of amides is 1. The summed E-state index contributed by atoms with van der Waals surface area (Å²) in [7, 11) is 0. The van der Waals surface area contributed by atoms with Crippen LogP contribution in [0.25, 0.3) is 0 Å². The Morgan fingerprint density at radius 3 is 2.39 bits per heavy atom. The van der Waals surface area contributed by atoms with E-state index in [1.807, 2.05) is 0 Å². The zero-order chi connectivity index (χ0) is 13.2. The largest absolute Gasteiger partial charge is 0.481 e. The van der Waals surface area contributed by atoms with Gasteiger partial charge in [0.15, 0.2) is 0 Å². The maximum Gasteiger partial charge on any atom is 0.306 e. The second-order valence-electron chi connectivity index (χ2n) is 5.88. The Hall–Kier alpha value is -1.06. The van der Waals surface area contributed by atoms with Crippen molar-refractivity contribution in [3.05, 3.63) is 0 Å². The van der Waals surface area contributed by atoms with Gasteiger partial charge < -0.3 is 10.4 Å². The fraction of sp³-hybridized carbons (Fsp3) is 0.857. The standard InChI is InChI=1S/C14H23NO3/c1-2-14(7-4-8-14)15-12(16)10-5-3-6-11(9-10)13(17)18/h10-11H,2-9H2,1H3,(H,15,16)(H,17,18). The van der Waals surface area contributed by atoms with Gasteiger partial charge in [-0.2, -0.15) is 0 Å². The molecule has 2 unspecified atom stereocenters. The first-order chi connectivity index (χ1) is 8.56. The molecule has 0 aliphatic heterocycles. The normalized spacial score (nSPS) is 30.3. The van der Waals surface area contributed by atoms with Gasteiger partial charge >= 0.3 is 5.97 Å². The Morgan fingerprint density at radius 1 is 1.22 bits per heavy atom. The van der Waals surface area contributed by atoms with E-state index in [1.54, 1.807) is 0 Å². The second kappa shape index (κ2) is 5.29. The number of aliphatic carboxylic acids is 1. The first-order valence-corrected chi connectivity index (χ1v) is 7.11. The van der Waals surface area contributed by atoms with Gasteiger partial charge in [0.05, 0.1) is 5.92 Å². The Labute approximate surface area is 108 Å². The molecule has 2 rings (SSSR count). The topological polar surface area (TPSA) is 66.4 Å². The molecule has 18 heavy (non-hydrogen) atoms. The van der Waals surface area contributed by atoms with Gasteiger partial charge in [0.1, 0.15) is 0 Å². The summed E-state index contributed by atoms with van der Waals surface area (Å²) in [5.41, 5.74) is 0.0211. The van der Waals surface area contributed by atoms with Gasteiger partial charge in [0.25, 0.3) is 0 Å². The van der Waals surface area contributed by atoms with Gasteiger partial charge in [-0.3, -0.25) is 9.59 Å². The van der Waals surface area contributed by atoms with Crippen molar-refractivity contribution in [1.82, 2.24) is 5.32 Å². The lowest BCUT2D eigenvalue weighted by molar-refractivity contribution is -0.144. The fourth-order valence-electron chi connectivity index (χ4n) is 3.19. The van der Waals surface area contributed by atoms with Crippen molar-refractivity contribution in [3.8, 4) is 0 Å². The average molecular weight is 253 g/mol. The highest BCUT2D eigenvalue weighted by molar-refractivity contribution is 5.81. The molecule has 4 heteroatoms. The molecule has 2 N–H and O–H groups in total. The molecule has 2 saturated carbocycles. The van der Waals surface area contributed by atoms with E-state index in [4.69, 9.17) is 5.11 Å². The molecule has 4 nitrogen and oxygen atoms in total. The third-order valence-electron chi connectivity index (χ3n) is 4.77. The summed E-state index contributed by atoms with van der Waals surface area (Å²) in [6.45, 7) is 2.11. The molecule has 2 atom stereocenters. The highest BCUT2D eigenvalue weighted by Crippen LogP contribution is 2.36. The van der Waals surface area contributed by atoms with Crippen LogP contribution < -0.4 is 5.32 Å². The molecule has 102 valence electrons. The molecule has 0 aromatic rings. The number of hydrogen-bond acceptors (Lipinski definition) is 2. The molecule has 2 aliphatic rings. The number of rotatable bonds is 4. The summed E-state index contributed by atoms with van der Waals surface area (Å²) >= 11 is 0. The molecule has 2 aliphatic carbocycles. The van der Waals surface area contributed by atoms with Crippen molar-refractivity contribution in [1.29, 1.82) is 0 Å². The third-order valence-corrected chi connectivity index (χ3v) is 4.77. The molecule has 0 radical (unpaired) electrons. The smallest absolute Gasteiger partial charge is 0.306 e. The van der Waals surface area contributed by atoms with E-state index in [0.717, 1.165) is 38.5 Å². The van der Waals surface area contributed by atoms with Gasteiger partial charge in [-0.1, -0.05) is 13.3 Å². The number of carboxylic acid groups (broad SMARTS) is 1. The van der Waals surface area contributed by atoms with Gasteiger partial charge in [-0.15, -0.1) is 0 Å². The Morgan fingerprint density at radius 2 is 1.89 bits per heavy atom. The number of carboxylic acids is 1. The van der Waals surface area contributed by atoms with Crippen molar-refractivity contribution in [3.63, 3.8) is 0 Å². The quantitative estimate of drug-likeness (QED) is 0.808. The van der Waals surface area contributed by atoms with Crippen LogP contribution in [-0.4, -0.2) is 22.5 Å². The minimum atomic E-state index is -0.749. The van der Waals surface area contributed by atoms with Gasteiger partial charge in [-0.25, -0.2) is 0 Å². The van der Waals surface area contributed by atoms with Crippen LogP contribution in [0.4, 0.5) is 0 Å². The molecule has 1 amide bonds. The number of hydrogen-bond donors (Lipinski definition) is 2. The van der Waals surface area contributed by atoms with E-state index >= 15 is 0 Å². The molecule has 2 fully saturated rings. The highest BCUT2D eigenvalue weighted by Gasteiger charge is 2.39. The maximum atomic E-state index is 12.2. The van der Waals surface area contributed by atoms with E-state index < -0.39 is 5.97 Å². The maximum absolute atomic E-state index is 12.2. The van der Waals surface area contributed by atoms with Crippen molar-refractivity contribution in [2.24, 2.45) is 11.8 Å². The van der Waals surface area contributed by atoms with E-state index in [-0.39, 0.29) is 23.3 Å². The predicted octanol–water partition coefficient (Wildman–Crippen LogP) is 2.33. The van der Waals surface area contributed by atoms with Crippen LogP contribution in [0.2, 0.25) is 0 Å². The minimum absolute atomic E-state index is 0.0211. The Kier molecular flexibility index (Phi) is 3.93. The number of nitrogens with one attached hydrogen (secondary N) is 1.